The number of aromatic nitrogens is 2. The first-order valence-electron chi connectivity index (χ1n) is 10.3. The van der Waals surface area contributed by atoms with Crippen LogP contribution in [-0.2, 0) is 17.7 Å². The summed E-state index contributed by atoms with van der Waals surface area (Å²) >= 11 is 0. The molecule has 0 spiro atoms. The molecule has 160 valence electrons. The van der Waals surface area contributed by atoms with Crippen molar-refractivity contribution in [2.45, 2.75) is 19.4 Å². The van der Waals surface area contributed by atoms with Gasteiger partial charge in [0.25, 0.3) is 5.91 Å². The molecule has 1 unspecified atom stereocenters. The number of methoxy groups -OCH3 is 1. The lowest BCUT2D eigenvalue weighted by Gasteiger charge is -2.16. The van der Waals surface area contributed by atoms with E-state index in [4.69, 9.17) is 0 Å². The fourth-order valence-corrected chi connectivity index (χ4v) is 4.00. The number of rotatable bonds is 6. The Kier molecular flexibility index (Phi) is 6.11. The smallest absolute Gasteiger partial charge is 0.340 e. The summed E-state index contributed by atoms with van der Waals surface area (Å²) in [6.07, 6.45) is 4.92. The van der Waals surface area contributed by atoms with Crippen molar-refractivity contribution >= 4 is 11.9 Å². The second kappa shape index (κ2) is 9.12. The second-order valence-electron chi connectivity index (χ2n) is 7.83. The molecule has 1 amide bonds. The van der Waals surface area contributed by atoms with Gasteiger partial charge in [-0.2, -0.15) is 5.10 Å². The van der Waals surface area contributed by atoms with Gasteiger partial charge in [0, 0.05) is 19.3 Å². The van der Waals surface area contributed by atoms with Crippen molar-refractivity contribution in [2.75, 3.05) is 20.2 Å². The van der Waals surface area contributed by atoms with Crippen molar-refractivity contribution in [1.82, 2.24) is 14.7 Å². The molecule has 0 saturated carbocycles. The molecule has 7 heteroatoms. The Hall–Kier alpha value is -3.48. The van der Waals surface area contributed by atoms with Gasteiger partial charge in [-0.05, 0) is 42.0 Å². The van der Waals surface area contributed by atoms with Crippen LogP contribution in [0.15, 0.2) is 60.9 Å². The van der Waals surface area contributed by atoms with E-state index in [9.17, 15) is 14.0 Å². The molecular formula is C24H24FN3O3. The van der Waals surface area contributed by atoms with Gasteiger partial charge in [-0.25, -0.2) is 9.18 Å². The normalized spacial score (nSPS) is 15.8. The molecule has 1 aliphatic heterocycles. The minimum atomic E-state index is -0.685. The molecule has 1 fully saturated rings. The highest BCUT2D eigenvalue weighted by molar-refractivity contribution is 5.94. The van der Waals surface area contributed by atoms with Gasteiger partial charge in [-0.1, -0.05) is 36.4 Å². The van der Waals surface area contributed by atoms with Gasteiger partial charge in [0.2, 0.25) is 0 Å². The zero-order valence-corrected chi connectivity index (χ0v) is 17.3. The van der Waals surface area contributed by atoms with Crippen molar-refractivity contribution in [3.05, 3.63) is 89.0 Å². The highest BCUT2D eigenvalue weighted by Crippen LogP contribution is 2.24. The fraction of sp³-hybridized carbons (Fsp3) is 0.292. The SMILES string of the molecule is COC(=O)c1cc(CC2CCN(C(=O)c3cnn(Cc4ccccc4)c3)C2)ccc1F. The van der Waals surface area contributed by atoms with Crippen LogP contribution in [-0.4, -0.2) is 46.8 Å². The average molecular weight is 421 g/mol. The molecule has 31 heavy (non-hydrogen) atoms. The summed E-state index contributed by atoms with van der Waals surface area (Å²) in [6.45, 7) is 1.90. The monoisotopic (exact) mass is 421 g/mol. The summed E-state index contributed by atoms with van der Waals surface area (Å²) < 4.78 is 20.3. The molecule has 2 aromatic carbocycles. The molecule has 2 heterocycles. The van der Waals surface area contributed by atoms with Crippen molar-refractivity contribution < 1.29 is 18.7 Å². The van der Waals surface area contributed by atoms with Crippen LogP contribution in [0, 0.1) is 11.7 Å². The Morgan fingerprint density at radius 1 is 1.16 bits per heavy atom. The number of carbonyl (C=O) groups is 2. The van der Waals surface area contributed by atoms with E-state index in [0.717, 1.165) is 17.5 Å². The third-order valence-corrected chi connectivity index (χ3v) is 5.60. The van der Waals surface area contributed by atoms with Gasteiger partial charge < -0.3 is 9.64 Å². The van der Waals surface area contributed by atoms with Gasteiger partial charge >= 0.3 is 5.97 Å². The lowest BCUT2D eigenvalue weighted by molar-refractivity contribution is 0.0595. The molecule has 4 rings (SSSR count). The summed E-state index contributed by atoms with van der Waals surface area (Å²) in [5.41, 5.74) is 2.50. The van der Waals surface area contributed by atoms with Crippen LogP contribution in [0.4, 0.5) is 4.39 Å². The first-order chi connectivity index (χ1) is 15.0. The second-order valence-corrected chi connectivity index (χ2v) is 7.83. The molecule has 0 radical (unpaired) electrons. The van der Waals surface area contributed by atoms with Gasteiger partial charge in [0.1, 0.15) is 5.82 Å². The first kappa shape index (κ1) is 20.8. The van der Waals surface area contributed by atoms with E-state index in [1.165, 1.54) is 13.2 Å². The topological polar surface area (TPSA) is 64.4 Å². The van der Waals surface area contributed by atoms with Crippen LogP contribution in [0.2, 0.25) is 0 Å². The van der Waals surface area contributed by atoms with E-state index in [1.807, 2.05) is 35.2 Å². The standard InChI is InChI=1S/C24H24FN3O3/c1-31-24(30)21-12-18(7-8-22(21)25)11-19-9-10-27(14-19)23(29)20-13-26-28(16-20)15-17-5-3-2-4-6-17/h2-8,12-13,16,19H,9-11,14-15H2,1H3. The van der Waals surface area contributed by atoms with Crippen molar-refractivity contribution in [1.29, 1.82) is 0 Å². The third kappa shape index (κ3) is 4.82. The summed E-state index contributed by atoms with van der Waals surface area (Å²) in [5.74, 6) is -1.06. The number of likely N-dealkylation sites (tertiary alicyclic amines) is 1. The Balaban J connectivity index is 1.37. The Morgan fingerprint density at radius 2 is 1.97 bits per heavy atom. The summed E-state index contributed by atoms with van der Waals surface area (Å²) in [5, 5.41) is 4.32. The number of carbonyl (C=O) groups excluding carboxylic acids is 2. The van der Waals surface area contributed by atoms with Crippen LogP contribution in [0.3, 0.4) is 0 Å². The Labute approximate surface area is 180 Å². The van der Waals surface area contributed by atoms with E-state index in [-0.39, 0.29) is 17.4 Å². The number of hydrogen-bond donors (Lipinski definition) is 0. The number of nitrogens with zero attached hydrogens (tertiary/aromatic N) is 3. The quantitative estimate of drug-likeness (QED) is 0.571. The van der Waals surface area contributed by atoms with Gasteiger partial charge in [-0.15, -0.1) is 0 Å². The Bertz CT molecular complexity index is 1080. The van der Waals surface area contributed by atoms with Gasteiger partial charge in [0.15, 0.2) is 0 Å². The average Bonchev–Trinajstić information content (AvgIpc) is 3.44. The van der Waals surface area contributed by atoms with Gasteiger partial charge in [-0.3, -0.25) is 9.48 Å². The summed E-state index contributed by atoms with van der Waals surface area (Å²) in [7, 11) is 1.23. The molecule has 1 aromatic heterocycles. The van der Waals surface area contributed by atoms with E-state index in [2.05, 4.69) is 9.84 Å². The van der Waals surface area contributed by atoms with E-state index in [1.54, 1.807) is 29.2 Å². The molecular weight excluding hydrogens is 397 g/mol. The maximum atomic E-state index is 13.9. The van der Waals surface area contributed by atoms with Crippen LogP contribution in [0.25, 0.3) is 0 Å². The minimum absolute atomic E-state index is 0.0313. The first-order valence-corrected chi connectivity index (χ1v) is 10.3. The molecule has 3 aromatic rings. The van der Waals surface area contributed by atoms with Crippen LogP contribution >= 0.6 is 0 Å². The van der Waals surface area contributed by atoms with Crippen molar-refractivity contribution in [2.24, 2.45) is 5.92 Å². The van der Waals surface area contributed by atoms with Crippen LogP contribution in [0.5, 0.6) is 0 Å². The third-order valence-electron chi connectivity index (χ3n) is 5.60. The maximum absolute atomic E-state index is 13.9. The molecule has 1 atom stereocenters. The highest BCUT2D eigenvalue weighted by atomic mass is 19.1. The minimum Gasteiger partial charge on any atom is -0.465 e. The number of esters is 1. The van der Waals surface area contributed by atoms with Crippen molar-refractivity contribution in [3.63, 3.8) is 0 Å². The zero-order valence-electron chi connectivity index (χ0n) is 17.3. The molecule has 1 saturated heterocycles. The molecule has 0 aliphatic carbocycles. The summed E-state index contributed by atoms with van der Waals surface area (Å²) in [6, 6.07) is 14.5. The maximum Gasteiger partial charge on any atom is 0.340 e. The Morgan fingerprint density at radius 3 is 2.74 bits per heavy atom. The summed E-state index contributed by atoms with van der Waals surface area (Å²) in [4.78, 5) is 26.4. The molecule has 0 bridgehead atoms. The van der Waals surface area contributed by atoms with Crippen molar-refractivity contribution in [3.8, 4) is 0 Å². The van der Waals surface area contributed by atoms with Crippen LogP contribution < -0.4 is 0 Å². The van der Waals surface area contributed by atoms with E-state index in [0.29, 0.717) is 31.6 Å². The molecule has 6 nitrogen and oxygen atoms in total. The predicted molar refractivity (Wildman–Crippen MR) is 113 cm³/mol. The number of halogens is 1. The molecule has 0 N–H and O–H groups in total. The predicted octanol–water partition coefficient (Wildman–Crippen LogP) is 3.56. The van der Waals surface area contributed by atoms with Gasteiger partial charge in [0.05, 0.1) is 31.0 Å². The van der Waals surface area contributed by atoms with E-state index >= 15 is 0 Å². The lowest BCUT2D eigenvalue weighted by Crippen LogP contribution is -2.28. The molecule has 1 aliphatic rings. The van der Waals surface area contributed by atoms with E-state index < -0.39 is 11.8 Å². The lowest BCUT2D eigenvalue weighted by atomic mass is 9.97. The fourth-order valence-electron chi connectivity index (χ4n) is 4.00. The number of hydrogen-bond acceptors (Lipinski definition) is 4. The number of benzene rings is 2. The number of ether oxygens (including phenoxy) is 1. The van der Waals surface area contributed by atoms with Crippen LogP contribution in [0.1, 0.15) is 38.3 Å². The highest BCUT2D eigenvalue weighted by Gasteiger charge is 2.28. The largest absolute Gasteiger partial charge is 0.465 e. The zero-order chi connectivity index (χ0) is 21.8. The number of amides is 1.